The molecule has 1 aliphatic rings. The van der Waals surface area contributed by atoms with Gasteiger partial charge in [0.2, 0.25) is 0 Å². The van der Waals surface area contributed by atoms with Gasteiger partial charge in [0.15, 0.2) is 0 Å². The van der Waals surface area contributed by atoms with E-state index in [0.29, 0.717) is 5.69 Å². The zero-order valence-corrected chi connectivity index (χ0v) is 12.9. The van der Waals surface area contributed by atoms with E-state index in [4.69, 9.17) is 23.2 Å². The molecule has 1 saturated heterocycles. The number of nitrogens with one attached hydrogen (secondary N) is 1. The topological polar surface area (TPSA) is 69.6 Å². The Morgan fingerprint density at radius 2 is 1.74 bits per heavy atom. The van der Waals surface area contributed by atoms with Crippen molar-refractivity contribution in [2.45, 2.75) is 6.04 Å². The molecule has 1 fully saturated rings. The van der Waals surface area contributed by atoms with E-state index in [1.807, 2.05) is 0 Å². The van der Waals surface area contributed by atoms with Crippen LogP contribution in [0.25, 0.3) is 0 Å². The molecule has 2 aromatic carbocycles. The first-order chi connectivity index (χ1) is 10.9. The molecule has 2 N–H and O–H groups in total. The molecule has 5 nitrogen and oxygen atoms in total. The van der Waals surface area contributed by atoms with Crippen molar-refractivity contribution < 1.29 is 19.1 Å². The maximum Gasteiger partial charge on any atom is 0.329 e. The van der Waals surface area contributed by atoms with Crippen LogP contribution in [0, 0.1) is 5.82 Å². The van der Waals surface area contributed by atoms with Crippen molar-refractivity contribution in [1.29, 1.82) is 0 Å². The van der Waals surface area contributed by atoms with E-state index in [0.717, 1.165) is 11.0 Å². The third-order valence-electron chi connectivity index (χ3n) is 3.42. The van der Waals surface area contributed by atoms with Gasteiger partial charge in [-0.25, -0.2) is 9.18 Å². The molecule has 3 rings (SSSR count). The lowest BCUT2D eigenvalue weighted by molar-refractivity contribution is -0.119. The Hall–Kier alpha value is -2.31. The predicted molar refractivity (Wildman–Crippen MR) is 83.3 cm³/mol. The molecule has 0 aromatic heterocycles. The van der Waals surface area contributed by atoms with Crippen molar-refractivity contribution in [3.63, 3.8) is 0 Å². The molecule has 2 aromatic rings. The molecular weight excluding hydrogens is 346 g/mol. The van der Waals surface area contributed by atoms with Crippen molar-refractivity contribution in [2.75, 3.05) is 4.90 Å². The highest BCUT2D eigenvalue weighted by molar-refractivity contribution is 6.35. The van der Waals surface area contributed by atoms with Crippen LogP contribution in [0.2, 0.25) is 10.0 Å². The fourth-order valence-corrected chi connectivity index (χ4v) is 2.86. The quantitative estimate of drug-likeness (QED) is 0.638. The van der Waals surface area contributed by atoms with Crippen LogP contribution in [-0.2, 0) is 4.79 Å². The van der Waals surface area contributed by atoms with Crippen molar-refractivity contribution in [2.24, 2.45) is 0 Å². The van der Waals surface area contributed by atoms with Gasteiger partial charge >= 0.3 is 6.03 Å². The Morgan fingerprint density at radius 1 is 1.09 bits per heavy atom. The largest absolute Gasteiger partial charge is 0.508 e. The van der Waals surface area contributed by atoms with E-state index in [9.17, 15) is 19.1 Å². The van der Waals surface area contributed by atoms with E-state index in [1.165, 1.54) is 30.3 Å². The molecule has 1 aliphatic heterocycles. The van der Waals surface area contributed by atoms with Crippen molar-refractivity contribution >= 4 is 40.8 Å². The van der Waals surface area contributed by atoms with Gasteiger partial charge in [0.1, 0.15) is 17.6 Å². The standard InChI is InChI=1S/C15H9Cl2FN2O3/c16-10-6-11(17)12(18)5-9(10)13-14(22)19-15(23)20(13)7-1-3-8(21)4-2-7/h1-6,13,21H,(H,19,22,23). The maximum atomic E-state index is 13.8. The van der Waals surface area contributed by atoms with Crippen LogP contribution < -0.4 is 10.2 Å². The number of halogens is 3. The van der Waals surface area contributed by atoms with E-state index in [1.54, 1.807) is 0 Å². The molecule has 118 valence electrons. The van der Waals surface area contributed by atoms with Gasteiger partial charge in [-0.05, 0) is 36.4 Å². The highest BCUT2D eigenvalue weighted by atomic mass is 35.5. The molecule has 0 aliphatic carbocycles. The maximum absolute atomic E-state index is 13.8. The lowest BCUT2D eigenvalue weighted by Gasteiger charge is -2.23. The first-order valence-electron chi connectivity index (χ1n) is 6.46. The number of benzene rings is 2. The minimum atomic E-state index is -1.13. The summed E-state index contributed by atoms with van der Waals surface area (Å²) < 4.78 is 13.8. The first kappa shape index (κ1) is 15.6. The molecule has 1 atom stereocenters. The molecule has 1 heterocycles. The van der Waals surface area contributed by atoms with Gasteiger partial charge in [0.05, 0.1) is 5.02 Å². The second-order valence-corrected chi connectivity index (χ2v) is 5.69. The van der Waals surface area contributed by atoms with Crippen LogP contribution in [0.3, 0.4) is 0 Å². The van der Waals surface area contributed by atoms with Gasteiger partial charge in [0, 0.05) is 16.3 Å². The Bertz CT molecular complexity index is 811. The van der Waals surface area contributed by atoms with Crippen LogP contribution in [0.5, 0.6) is 5.75 Å². The molecule has 0 saturated carbocycles. The zero-order chi connectivity index (χ0) is 16.7. The average molecular weight is 355 g/mol. The summed E-state index contributed by atoms with van der Waals surface area (Å²) in [5.41, 5.74) is 0.465. The summed E-state index contributed by atoms with van der Waals surface area (Å²) in [6.45, 7) is 0. The molecule has 3 amide bonds. The Morgan fingerprint density at radius 3 is 2.39 bits per heavy atom. The number of nitrogens with zero attached hydrogens (tertiary/aromatic N) is 1. The molecule has 0 radical (unpaired) electrons. The van der Waals surface area contributed by atoms with Gasteiger partial charge in [0.25, 0.3) is 5.91 Å². The molecule has 8 heteroatoms. The number of anilines is 1. The Kier molecular flexibility index (Phi) is 3.87. The van der Waals surface area contributed by atoms with Gasteiger partial charge in [-0.2, -0.15) is 0 Å². The fourth-order valence-electron chi connectivity index (χ4n) is 2.38. The second kappa shape index (κ2) is 5.72. The first-order valence-corrected chi connectivity index (χ1v) is 7.21. The molecule has 0 spiro atoms. The van der Waals surface area contributed by atoms with Crippen LogP contribution >= 0.6 is 23.2 Å². The molecule has 23 heavy (non-hydrogen) atoms. The monoisotopic (exact) mass is 354 g/mol. The molecular formula is C15H9Cl2FN2O3. The van der Waals surface area contributed by atoms with Gasteiger partial charge in [-0.15, -0.1) is 0 Å². The zero-order valence-electron chi connectivity index (χ0n) is 11.4. The predicted octanol–water partition coefficient (Wildman–Crippen LogP) is 3.64. The number of rotatable bonds is 2. The van der Waals surface area contributed by atoms with Crippen molar-refractivity contribution in [3.8, 4) is 5.75 Å². The number of hydrogen-bond donors (Lipinski definition) is 2. The lowest BCUT2D eigenvalue weighted by Crippen LogP contribution is -2.29. The van der Waals surface area contributed by atoms with Crippen molar-refractivity contribution in [3.05, 3.63) is 57.8 Å². The molecule has 1 unspecified atom stereocenters. The third-order valence-corrected chi connectivity index (χ3v) is 4.03. The Labute approximate surface area is 140 Å². The number of hydrogen-bond acceptors (Lipinski definition) is 3. The lowest BCUT2D eigenvalue weighted by atomic mass is 10.0. The minimum Gasteiger partial charge on any atom is -0.508 e. The summed E-state index contributed by atoms with van der Waals surface area (Å²) in [4.78, 5) is 25.4. The van der Waals surface area contributed by atoms with Gasteiger partial charge in [-0.1, -0.05) is 23.2 Å². The average Bonchev–Trinajstić information content (AvgIpc) is 2.78. The fraction of sp³-hybridized carbons (Fsp3) is 0.0667. The van der Waals surface area contributed by atoms with Crippen molar-refractivity contribution in [1.82, 2.24) is 5.32 Å². The highest BCUT2D eigenvalue weighted by Gasteiger charge is 2.41. The summed E-state index contributed by atoms with van der Waals surface area (Å²) in [5.74, 6) is -1.37. The molecule has 0 bridgehead atoms. The second-order valence-electron chi connectivity index (χ2n) is 4.87. The summed E-state index contributed by atoms with van der Waals surface area (Å²) >= 11 is 11.7. The number of carbonyl (C=O) groups excluding carboxylic acids is 2. The van der Waals surface area contributed by atoms with E-state index >= 15 is 0 Å². The minimum absolute atomic E-state index is 0.00630. The number of carbonyl (C=O) groups is 2. The highest BCUT2D eigenvalue weighted by Crippen LogP contribution is 2.37. The number of phenols is 1. The van der Waals surface area contributed by atoms with Crippen LogP contribution in [0.15, 0.2) is 36.4 Å². The van der Waals surface area contributed by atoms with E-state index in [2.05, 4.69) is 5.32 Å². The summed E-state index contributed by atoms with van der Waals surface area (Å²) in [7, 11) is 0. The number of imide groups is 1. The van der Waals surface area contributed by atoms with E-state index < -0.39 is 23.8 Å². The number of phenolic OH excluding ortho intramolecular Hbond substituents is 1. The smallest absolute Gasteiger partial charge is 0.329 e. The summed E-state index contributed by atoms with van der Waals surface area (Å²) in [6, 6.07) is 6.06. The Balaban J connectivity index is 2.12. The summed E-state index contributed by atoms with van der Waals surface area (Å²) in [5, 5.41) is 11.4. The number of aromatic hydroxyl groups is 1. The number of urea groups is 1. The van der Waals surface area contributed by atoms with Crippen LogP contribution in [0.4, 0.5) is 14.9 Å². The SMILES string of the molecule is O=C1NC(=O)N(c2ccc(O)cc2)C1c1cc(F)c(Cl)cc1Cl. The third kappa shape index (κ3) is 2.71. The van der Waals surface area contributed by atoms with E-state index in [-0.39, 0.29) is 21.4 Å². The van der Waals surface area contributed by atoms with Gasteiger partial charge < -0.3 is 5.11 Å². The summed E-state index contributed by atoms with van der Waals surface area (Å²) in [6.07, 6.45) is 0. The number of amides is 3. The normalized spacial score (nSPS) is 17.5. The van der Waals surface area contributed by atoms with Crippen LogP contribution in [0.1, 0.15) is 11.6 Å². The van der Waals surface area contributed by atoms with Gasteiger partial charge in [-0.3, -0.25) is 15.0 Å². The van der Waals surface area contributed by atoms with Crippen LogP contribution in [-0.4, -0.2) is 17.0 Å².